The summed E-state index contributed by atoms with van der Waals surface area (Å²) in [6, 6.07) is 14.8. The molecule has 1 heterocycles. The van der Waals surface area contributed by atoms with E-state index in [1.807, 2.05) is 12.1 Å². The average Bonchev–Trinajstić information content (AvgIpc) is 3.35. The first kappa shape index (κ1) is 23.9. The highest BCUT2D eigenvalue weighted by molar-refractivity contribution is 5.64. The standard InChI is InChI=1S/C26H29F3N4O/c1-2-3-15-34-22-10-6-9-21(16-22)31-24-23(26(27,28)29)17-30-25(33-24)32-20-13-11-19(12-14-20)18-7-4-5-8-18/h6,9-14,16-18H,2-5,7-8,15H2,1H3,(H2,30,31,32,33). The van der Waals surface area contributed by atoms with Gasteiger partial charge in [-0.3, -0.25) is 0 Å². The molecule has 1 saturated carbocycles. The molecule has 0 spiro atoms. The first-order chi connectivity index (χ1) is 16.4. The molecule has 5 nitrogen and oxygen atoms in total. The van der Waals surface area contributed by atoms with E-state index in [1.165, 1.54) is 31.2 Å². The molecule has 0 aliphatic heterocycles. The average molecular weight is 471 g/mol. The Bertz CT molecular complexity index is 1080. The quantitative estimate of drug-likeness (QED) is 0.312. The summed E-state index contributed by atoms with van der Waals surface area (Å²) in [5, 5.41) is 5.81. The van der Waals surface area contributed by atoms with Crippen LogP contribution in [0.1, 0.15) is 62.5 Å². The molecule has 1 aliphatic carbocycles. The molecule has 4 rings (SSSR count). The molecule has 1 aromatic heterocycles. The second-order valence-corrected chi connectivity index (χ2v) is 8.54. The van der Waals surface area contributed by atoms with Crippen LogP contribution >= 0.6 is 0 Å². The van der Waals surface area contributed by atoms with Crippen molar-refractivity contribution in [1.29, 1.82) is 0 Å². The van der Waals surface area contributed by atoms with Crippen molar-refractivity contribution in [3.8, 4) is 5.75 Å². The molecule has 0 atom stereocenters. The van der Waals surface area contributed by atoms with Gasteiger partial charge < -0.3 is 15.4 Å². The number of anilines is 4. The van der Waals surface area contributed by atoms with Crippen LogP contribution in [0.25, 0.3) is 0 Å². The van der Waals surface area contributed by atoms with Gasteiger partial charge in [-0.15, -0.1) is 0 Å². The van der Waals surface area contributed by atoms with Crippen molar-refractivity contribution in [2.45, 2.75) is 57.5 Å². The van der Waals surface area contributed by atoms with E-state index in [2.05, 4.69) is 39.7 Å². The lowest BCUT2D eigenvalue weighted by Gasteiger charge is -2.16. The molecule has 1 aliphatic rings. The normalized spacial score (nSPS) is 14.2. The van der Waals surface area contributed by atoms with E-state index < -0.39 is 11.7 Å². The zero-order valence-electron chi connectivity index (χ0n) is 19.2. The highest BCUT2D eigenvalue weighted by Crippen LogP contribution is 2.37. The van der Waals surface area contributed by atoms with Crippen LogP contribution in [0.2, 0.25) is 0 Å². The van der Waals surface area contributed by atoms with Crippen molar-refractivity contribution in [2.75, 3.05) is 17.2 Å². The van der Waals surface area contributed by atoms with Crippen molar-refractivity contribution >= 4 is 23.1 Å². The van der Waals surface area contributed by atoms with Gasteiger partial charge in [-0.25, -0.2) is 4.98 Å². The Morgan fingerprint density at radius 3 is 2.47 bits per heavy atom. The number of rotatable bonds is 9. The molecule has 2 aromatic carbocycles. The first-order valence-corrected chi connectivity index (χ1v) is 11.7. The fourth-order valence-electron chi connectivity index (χ4n) is 4.11. The zero-order chi connectivity index (χ0) is 24.0. The predicted octanol–water partition coefficient (Wildman–Crippen LogP) is 7.82. The maximum absolute atomic E-state index is 13.6. The third-order valence-corrected chi connectivity index (χ3v) is 5.95. The van der Waals surface area contributed by atoms with Crippen molar-refractivity contribution in [3.63, 3.8) is 0 Å². The number of halogens is 3. The molecule has 8 heteroatoms. The molecule has 34 heavy (non-hydrogen) atoms. The van der Waals surface area contributed by atoms with E-state index in [9.17, 15) is 13.2 Å². The van der Waals surface area contributed by atoms with Crippen LogP contribution in [0.3, 0.4) is 0 Å². The van der Waals surface area contributed by atoms with Crippen molar-refractivity contribution in [3.05, 3.63) is 65.9 Å². The van der Waals surface area contributed by atoms with Crippen LogP contribution < -0.4 is 15.4 Å². The number of hydrogen-bond donors (Lipinski definition) is 2. The molecule has 0 amide bonds. The summed E-state index contributed by atoms with van der Waals surface area (Å²) < 4.78 is 46.5. The summed E-state index contributed by atoms with van der Waals surface area (Å²) in [5.74, 6) is 0.938. The van der Waals surface area contributed by atoms with Crippen LogP contribution in [0.5, 0.6) is 5.75 Å². The lowest BCUT2D eigenvalue weighted by atomic mass is 9.98. The van der Waals surface area contributed by atoms with Crippen LogP contribution in [-0.4, -0.2) is 16.6 Å². The summed E-state index contributed by atoms with van der Waals surface area (Å²) in [6.45, 7) is 2.61. The maximum Gasteiger partial charge on any atom is 0.421 e. The lowest BCUT2D eigenvalue weighted by Crippen LogP contribution is -2.12. The second-order valence-electron chi connectivity index (χ2n) is 8.54. The maximum atomic E-state index is 13.6. The van der Waals surface area contributed by atoms with Gasteiger partial charge in [-0.1, -0.05) is 44.4 Å². The van der Waals surface area contributed by atoms with E-state index in [1.54, 1.807) is 24.3 Å². The Hall–Kier alpha value is -3.29. The van der Waals surface area contributed by atoms with Crippen LogP contribution in [0.15, 0.2) is 54.7 Å². The summed E-state index contributed by atoms with van der Waals surface area (Å²) >= 11 is 0. The predicted molar refractivity (Wildman–Crippen MR) is 128 cm³/mol. The largest absolute Gasteiger partial charge is 0.494 e. The molecule has 1 fully saturated rings. The molecule has 0 bridgehead atoms. The van der Waals surface area contributed by atoms with Gasteiger partial charge in [0, 0.05) is 23.6 Å². The molecule has 0 unspecified atom stereocenters. The van der Waals surface area contributed by atoms with Gasteiger partial charge in [0.2, 0.25) is 5.95 Å². The zero-order valence-corrected chi connectivity index (χ0v) is 19.2. The van der Waals surface area contributed by atoms with Crippen LogP contribution in [0.4, 0.5) is 36.3 Å². The van der Waals surface area contributed by atoms with Crippen LogP contribution in [-0.2, 0) is 6.18 Å². The fourth-order valence-corrected chi connectivity index (χ4v) is 4.11. The molecule has 3 aromatic rings. The Balaban J connectivity index is 1.53. The van der Waals surface area contributed by atoms with Crippen molar-refractivity contribution < 1.29 is 17.9 Å². The molecule has 2 N–H and O–H groups in total. The Labute approximate surface area is 197 Å². The molecule has 180 valence electrons. The summed E-state index contributed by atoms with van der Waals surface area (Å²) in [7, 11) is 0. The Morgan fingerprint density at radius 2 is 1.76 bits per heavy atom. The highest BCUT2D eigenvalue weighted by Gasteiger charge is 2.35. The van der Waals surface area contributed by atoms with Gasteiger partial charge in [0.15, 0.2) is 0 Å². The molecular weight excluding hydrogens is 441 g/mol. The van der Waals surface area contributed by atoms with Gasteiger partial charge in [-0.2, -0.15) is 18.2 Å². The van der Waals surface area contributed by atoms with Crippen LogP contribution in [0, 0.1) is 0 Å². The number of unbranched alkanes of at least 4 members (excludes halogenated alkanes) is 1. The van der Waals surface area contributed by atoms with Gasteiger partial charge in [-0.05, 0) is 55.0 Å². The second kappa shape index (κ2) is 10.8. The summed E-state index contributed by atoms with van der Waals surface area (Å²) in [6.07, 6.45) is 3.01. The minimum Gasteiger partial charge on any atom is -0.494 e. The van der Waals surface area contributed by atoms with Crippen molar-refractivity contribution in [1.82, 2.24) is 9.97 Å². The number of nitrogens with one attached hydrogen (secondary N) is 2. The van der Waals surface area contributed by atoms with Gasteiger partial charge in [0.1, 0.15) is 17.1 Å². The summed E-state index contributed by atoms with van der Waals surface area (Å²) in [5.41, 5.74) is 1.52. The van der Waals surface area contributed by atoms with Gasteiger partial charge >= 0.3 is 6.18 Å². The minimum absolute atomic E-state index is 0.0828. The SMILES string of the molecule is CCCCOc1cccc(Nc2nc(Nc3ccc(C4CCCC4)cc3)ncc2C(F)(F)F)c1. The Morgan fingerprint density at radius 1 is 1.00 bits per heavy atom. The Kier molecular flexibility index (Phi) is 7.55. The number of aromatic nitrogens is 2. The van der Waals surface area contributed by atoms with E-state index in [-0.39, 0.29) is 11.8 Å². The minimum atomic E-state index is -4.60. The first-order valence-electron chi connectivity index (χ1n) is 11.7. The lowest BCUT2D eigenvalue weighted by molar-refractivity contribution is -0.137. The smallest absolute Gasteiger partial charge is 0.421 e. The summed E-state index contributed by atoms with van der Waals surface area (Å²) in [4.78, 5) is 8.04. The molecular formula is C26H29F3N4O. The van der Waals surface area contributed by atoms with Gasteiger partial charge in [0.25, 0.3) is 0 Å². The number of ether oxygens (including phenoxy) is 1. The number of hydrogen-bond acceptors (Lipinski definition) is 5. The number of benzene rings is 2. The monoisotopic (exact) mass is 470 g/mol. The third-order valence-electron chi connectivity index (χ3n) is 5.95. The van der Waals surface area contributed by atoms with Crippen molar-refractivity contribution in [2.24, 2.45) is 0 Å². The number of alkyl halides is 3. The highest BCUT2D eigenvalue weighted by atomic mass is 19.4. The van der Waals surface area contributed by atoms with E-state index in [0.717, 1.165) is 24.7 Å². The van der Waals surface area contributed by atoms with E-state index in [4.69, 9.17) is 4.74 Å². The molecule has 0 radical (unpaired) electrons. The fraction of sp³-hybridized carbons (Fsp3) is 0.385. The third kappa shape index (κ3) is 6.18. The number of nitrogens with zero attached hydrogens (tertiary/aromatic N) is 2. The van der Waals surface area contributed by atoms with E-state index >= 15 is 0 Å². The molecule has 0 saturated heterocycles. The topological polar surface area (TPSA) is 59.1 Å². The van der Waals surface area contributed by atoms with Gasteiger partial charge in [0.05, 0.1) is 6.61 Å². The van der Waals surface area contributed by atoms with E-state index in [0.29, 0.717) is 24.0 Å².